The topological polar surface area (TPSA) is 50.4 Å². The highest BCUT2D eigenvalue weighted by Gasteiger charge is 2.15. The lowest BCUT2D eigenvalue weighted by Gasteiger charge is -2.13. The van der Waals surface area contributed by atoms with E-state index in [2.05, 4.69) is 24.5 Å². The van der Waals surface area contributed by atoms with Crippen LogP contribution < -0.4 is 10.6 Å². The summed E-state index contributed by atoms with van der Waals surface area (Å²) >= 11 is 0. The minimum absolute atomic E-state index is 0.0609. The Hall–Kier alpha value is -0.610. The van der Waals surface area contributed by atoms with Gasteiger partial charge in [-0.15, -0.1) is 0 Å². The number of rotatable bonds is 6. The van der Waals surface area contributed by atoms with Crippen molar-refractivity contribution in [1.82, 2.24) is 10.6 Å². The van der Waals surface area contributed by atoms with Gasteiger partial charge in [-0.25, -0.2) is 0 Å². The summed E-state index contributed by atoms with van der Waals surface area (Å²) in [6.45, 7) is 6.07. The van der Waals surface area contributed by atoms with Crippen molar-refractivity contribution in [2.24, 2.45) is 0 Å². The fraction of sp³-hybridized carbons (Fsp3) is 0.909. The molecule has 4 heteroatoms. The van der Waals surface area contributed by atoms with Crippen LogP contribution in [-0.4, -0.2) is 37.7 Å². The number of ether oxygens (including phenoxy) is 1. The van der Waals surface area contributed by atoms with E-state index in [1.54, 1.807) is 0 Å². The molecule has 88 valence electrons. The van der Waals surface area contributed by atoms with Gasteiger partial charge in [0.2, 0.25) is 5.91 Å². The van der Waals surface area contributed by atoms with Crippen molar-refractivity contribution < 1.29 is 9.53 Å². The lowest BCUT2D eigenvalue weighted by Crippen LogP contribution is -2.40. The Morgan fingerprint density at radius 2 is 2.40 bits per heavy atom. The van der Waals surface area contributed by atoms with Gasteiger partial charge in [0.15, 0.2) is 0 Å². The molecule has 2 N–H and O–H groups in total. The zero-order valence-electron chi connectivity index (χ0n) is 9.71. The molecule has 0 radical (unpaired) electrons. The van der Waals surface area contributed by atoms with E-state index in [-0.39, 0.29) is 12.0 Å². The summed E-state index contributed by atoms with van der Waals surface area (Å²) in [6, 6.07) is 0.401. The molecule has 2 unspecified atom stereocenters. The molecule has 4 nitrogen and oxygen atoms in total. The predicted molar refractivity (Wildman–Crippen MR) is 59.7 cm³/mol. The number of nitrogens with one attached hydrogen (secondary N) is 2. The van der Waals surface area contributed by atoms with Gasteiger partial charge in [0, 0.05) is 19.2 Å². The fourth-order valence-electron chi connectivity index (χ4n) is 1.51. The summed E-state index contributed by atoms with van der Waals surface area (Å²) in [5.74, 6) is 0.0609. The molecule has 1 aliphatic rings. The quantitative estimate of drug-likeness (QED) is 0.683. The van der Waals surface area contributed by atoms with E-state index in [1.807, 2.05) is 0 Å². The van der Waals surface area contributed by atoms with Crippen LogP contribution in [0.1, 0.15) is 33.1 Å². The molecule has 0 aromatic carbocycles. The Kier molecular flexibility index (Phi) is 5.65. The second-order valence-corrected chi connectivity index (χ2v) is 4.13. The average Bonchev–Trinajstić information content (AvgIpc) is 2.75. The van der Waals surface area contributed by atoms with Crippen molar-refractivity contribution in [3.63, 3.8) is 0 Å². The number of hydrogen-bond donors (Lipinski definition) is 2. The first-order valence-corrected chi connectivity index (χ1v) is 5.84. The third kappa shape index (κ3) is 5.14. The van der Waals surface area contributed by atoms with Gasteiger partial charge < -0.3 is 15.4 Å². The standard InChI is InChI=1S/C11H22N2O2/c1-3-9(2)12-8-11(14)13-7-10-5-4-6-15-10/h9-10,12H,3-8H2,1-2H3,(H,13,14). The highest BCUT2D eigenvalue weighted by atomic mass is 16.5. The van der Waals surface area contributed by atoms with Crippen LogP contribution in [0, 0.1) is 0 Å². The van der Waals surface area contributed by atoms with Crippen LogP contribution in [-0.2, 0) is 9.53 Å². The molecule has 15 heavy (non-hydrogen) atoms. The van der Waals surface area contributed by atoms with E-state index in [9.17, 15) is 4.79 Å². The van der Waals surface area contributed by atoms with E-state index < -0.39 is 0 Å². The summed E-state index contributed by atoms with van der Waals surface area (Å²) in [5, 5.41) is 6.03. The van der Waals surface area contributed by atoms with Crippen LogP contribution in [0.2, 0.25) is 0 Å². The maximum absolute atomic E-state index is 11.4. The molecule has 0 aromatic heterocycles. The molecule has 0 aliphatic carbocycles. The van der Waals surface area contributed by atoms with Crippen LogP contribution in [0.5, 0.6) is 0 Å². The number of amides is 1. The van der Waals surface area contributed by atoms with Crippen molar-refractivity contribution in [3.05, 3.63) is 0 Å². The second-order valence-electron chi connectivity index (χ2n) is 4.13. The van der Waals surface area contributed by atoms with Gasteiger partial charge in [0.1, 0.15) is 0 Å². The Bertz CT molecular complexity index is 191. The fourth-order valence-corrected chi connectivity index (χ4v) is 1.51. The zero-order valence-corrected chi connectivity index (χ0v) is 9.71. The van der Waals surface area contributed by atoms with Crippen LogP contribution in [0.15, 0.2) is 0 Å². The van der Waals surface area contributed by atoms with Gasteiger partial charge in [0.25, 0.3) is 0 Å². The molecule has 1 aliphatic heterocycles. The predicted octanol–water partition coefficient (Wildman–Crippen LogP) is 0.670. The first-order chi connectivity index (χ1) is 7.22. The lowest BCUT2D eigenvalue weighted by molar-refractivity contribution is -0.120. The molecule has 0 bridgehead atoms. The average molecular weight is 214 g/mol. The van der Waals surface area contributed by atoms with Crippen molar-refractivity contribution in [3.8, 4) is 0 Å². The van der Waals surface area contributed by atoms with E-state index >= 15 is 0 Å². The number of hydrogen-bond acceptors (Lipinski definition) is 3. The summed E-state index contributed by atoms with van der Waals surface area (Å²) in [5.41, 5.74) is 0. The monoisotopic (exact) mass is 214 g/mol. The number of carbonyl (C=O) groups excluding carboxylic acids is 1. The molecule has 0 aromatic rings. The SMILES string of the molecule is CCC(C)NCC(=O)NCC1CCCO1. The van der Waals surface area contributed by atoms with Crippen LogP contribution in [0.25, 0.3) is 0 Å². The van der Waals surface area contributed by atoms with E-state index in [4.69, 9.17) is 4.74 Å². The molecule has 1 heterocycles. The highest BCUT2D eigenvalue weighted by Crippen LogP contribution is 2.10. The van der Waals surface area contributed by atoms with E-state index in [0.29, 0.717) is 19.1 Å². The summed E-state index contributed by atoms with van der Waals surface area (Å²) in [4.78, 5) is 11.4. The normalized spacial score (nSPS) is 22.7. The largest absolute Gasteiger partial charge is 0.376 e. The van der Waals surface area contributed by atoms with Gasteiger partial charge in [-0.1, -0.05) is 6.92 Å². The Labute approximate surface area is 91.8 Å². The Morgan fingerprint density at radius 1 is 1.60 bits per heavy atom. The smallest absolute Gasteiger partial charge is 0.234 e. The molecular weight excluding hydrogens is 192 g/mol. The van der Waals surface area contributed by atoms with Crippen molar-refractivity contribution in [1.29, 1.82) is 0 Å². The minimum atomic E-state index is 0.0609. The van der Waals surface area contributed by atoms with E-state index in [0.717, 1.165) is 25.9 Å². The molecule has 0 spiro atoms. The molecule has 0 saturated carbocycles. The molecule has 1 saturated heterocycles. The van der Waals surface area contributed by atoms with Crippen LogP contribution in [0.4, 0.5) is 0 Å². The molecule has 1 rings (SSSR count). The van der Waals surface area contributed by atoms with E-state index in [1.165, 1.54) is 0 Å². The third-order valence-electron chi connectivity index (χ3n) is 2.77. The highest BCUT2D eigenvalue weighted by molar-refractivity contribution is 5.78. The molecule has 1 amide bonds. The first kappa shape index (κ1) is 12.5. The van der Waals surface area contributed by atoms with Gasteiger partial charge in [-0.05, 0) is 26.2 Å². The van der Waals surface area contributed by atoms with Gasteiger partial charge in [0.05, 0.1) is 12.6 Å². The van der Waals surface area contributed by atoms with Gasteiger partial charge >= 0.3 is 0 Å². The summed E-state index contributed by atoms with van der Waals surface area (Å²) in [6.07, 6.45) is 3.46. The molecule has 1 fully saturated rings. The summed E-state index contributed by atoms with van der Waals surface area (Å²) < 4.78 is 5.41. The zero-order chi connectivity index (χ0) is 11.1. The van der Waals surface area contributed by atoms with Crippen LogP contribution >= 0.6 is 0 Å². The van der Waals surface area contributed by atoms with Gasteiger partial charge in [-0.3, -0.25) is 4.79 Å². The van der Waals surface area contributed by atoms with Gasteiger partial charge in [-0.2, -0.15) is 0 Å². The first-order valence-electron chi connectivity index (χ1n) is 5.84. The van der Waals surface area contributed by atoms with Crippen molar-refractivity contribution in [2.75, 3.05) is 19.7 Å². The summed E-state index contributed by atoms with van der Waals surface area (Å²) in [7, 11) is 0. The van der Waals surface area contributed by atoms with Crippen molar-refractivity contribution >= 4 is 5.91 Å². The lowest BCUT2D eigenvalue weighted by atomic mass is 10.2. The maximum Gasteiger partial charge on any atom is 0.234 e. The number of carbonyl (C=O) groups is 1. The maximum atomic E-state index is 11.4. The van der Waals surface area contributed by atoms with Crippen LogP contribution in [0.3, 0.4) is 0 Å². The minimum Gasteiger partial charge on any atom is -0.376 e. The second kappa shape index (κ2) is 6.80. The molecular formula is C11H22N2O2. The molecule has 2 atom stereocenters. The van der Waals surface area contributed by atoms with Crippen molar-refractivity contribution in [2.45, 2.75) is 45.3 Å². The Balaban J connectivity index is 2.02. The third-order valence-corrected chi connectivity index (χ3v) is 2.77. The Morgan fingerprint density at radius 3 is 3.00 bits per heavy atom.